The molecule has 1 N–H and O–H groups in total. The van der Waals surface area contributed by atoms with Crippen LogP contribution in [0.3, 0.4) is 0 Å². The maximum atomic E-state index is 13.5. The standard InChI is InChI=1S/C27H26N6O2S/c1-17(2)33-25-20(14-28-33)19(13-22(29-25)23-9-6-12-35-23)26(34)31-27-30-21-10-11-32(16-24(21)36-27)15-18-7-4-3-5-8-18/h3-9,12-14,17H,10-11,15-16H2,1-2H3,(H,30,31,34). The van der Waals surface area contributed by atoms with E-state index in [1.807, 2.05) is 36.7 Å². The lowest BCUT2D eigenvalue weighted by atomic mass is 10.1. The first-order valence-corrected chi connectivity index (χ1v) is 12.8. The first-order chi connectivity index (χ1) is 17.5. The fraction of sp³-hybridized carbons (Fsp3) is 0.259. The first kappa shape index (κ1) is 22.6. The SMILES string of the molecule is CC(C)n1ncc2c(C(=O)Nc3nc4c(s3)CN(Cc3ccccc3)CC4)cc(-c3ccco3)nc21. The number of anilines is 1. The highest BCUT2D eigenvalue weighted by molar-refractivity contribution is 7.15. The highest BCUT2D eigenvalue weighted by Crippen LogP contribution is 2.31. The van der Waals surface area contributed by atoms with Gasteiger partial charge in [0.05, 0.1) is 29.1 Å². The number of furan rings is 1. The quantitative estimate of drug-likeness (QED) is 0.331. The van der Waals surface area contributed by atoms with Crippen LogP contribution in [0.4, 0.5) is 5.13 Å². The number of carbonyl (C=O) groups excluding carboxylic acids is 1. The van der Waals surface area contributed by atoms with Gasteiger partial charge in [-0.3, -0.25) is 15.0 Å². The van der Waals surface area contributed by atoms with Gasteiger partial charge in [0, 0.05) is 37.0 Å². The van der Waals surface area contributed by atoms with Crippen LogP contribution in [0.15, 0.2) is 65.4 Å². The Morgan fingerprint density at radius 2 is 2.03 bits per heavy atom. The summed E-state index contributed by atoms with van der Waals surface area (Å²) in [6, 6.07) is 16.0. The third-order valence-electron chi connectivity index (χ3n) is 6.35. The van der Waals surface area contributed by atoms with Crippen molar-refractivity contribution in [2.45, 2.75) is 39.4 Å². The Kier molecular flexibility index (Phi) is 5.86. The summed E-state index contributed by atoms with van der Waals surface area (Å²) < 4.78 is 7.39. The number of carbonyl (C=O) groups is 1. The van der Waals surface area contributed by atoms with Crippen molar-refractivity contribution >= 4 is 33.4 Å². The van der Waals surface area contributed by atoms with Crippen LogP contribution in [0.1, 0.15) is 46.4 Å². The van der Waals surface area contributed by atoms with Crippen molar-refractivity contribution in [3.05, 3.63) is 82.7 Å². The second-order valence-electron chi connectivity index (χ2n) is 9.24. The molecule has 36 heavy (non-hydrogen) atoms. The summed E-state index contributed by atoms with van der Waals surface area (Å²) in [5.74, 6) is 0.372. The number of benzene rings is 1. The van der Waals surface area contributed by atoms with Gasteiger partial charge in [0.1, 0.15) is 5.69 Å². The molecule has 0 bridgehead atoms. The van der Waals surface area contributed by atoms with Crippen LogP contribution in [-0.4, -0.2) is 37.1 Å². The molecule has 0 unspecified atom stereocenters. The normalized spacial score (nSPS) is 13.9. The van der Waals surface area contributed by atoms with Crippen LogP contribution in [0.5, 0.6) is 0 Å². The van der Waals surface area contributed by atoms with Crippen LogP contribution in [0, 0.1) is 0 Å². The smallest absolute Gasteiger partial charge is 0.258 e. The molecule has 0 saturated carbocycles. The monoisotopic (exact) mass is 498 g/mol. The van der Waals surface area contributed by atoms with Gasteiger partial charge < -0.3 is 4.42 Å². The van der Waals surface area contributed by atoms with E-state index < -0.39 is 0 Å². The van der Waals surface area contributed by atoms with Crippen molar-refractivity contribution in [2.24, 2.45) is 0 Å². The van der Waals surface area contributed by atoms with Gasteiger partial charge in [0.2, 0.25) is 0 Å². The van der Waals surface area contributed by atoms with E-state index in [0.29, 0.717) is 33.2 Å². The van der Waals surface area contributed by atoms with Crippen LogP contribution < -0.4 is 5.32 Å². The van der Waals surface area contributed by atoms with Gasteiger partial charge in [0.15, 0.2) is 16.5 Å². The van der Waals surface area contributed by atoms with E-state index in [1.54, 1.807) is 29.9 Å². The van der Waals surface area contributed by atoms with Gasteiger partial charge in [-0.2, -0.15) is 5.10 Å². The van der Waals surface area contributed by atoms with Gasteiger partial charge in [-0.1, -0.05) is 30.3 Å². The number of pyridine rings is 1. The molecule has 6 rings (SSSR count). The average molecular weight is 499 g/mol. The van der Waals surface area contributed by atoms with Crippen LogP contribution in [0.25, 0.3) is 22.5 Å². The van der Waals surface area contributed by atoms with Crippen molar-refractivity contribution in [3.63, 3.8) is 0 Å². The minimum Gasteiger partial charge on any atom is -0.463 e. The Hall–Kier alpha value is -3.82. The minimum absolute atomic E-state index is 0.0993. The summed E-state index contributed by atoms with van der Waals surface area (Å²) in [6.45, 7) is 6.76. The highest BCUT2D eigenvalue weighted by atomic mass is 32.1. The molecule has 4 aromatic heterocycles. The predicted molar refractivity (Wildman–Crippen MR) is 140 cm³/mol. The molecular weight excluding hydrogens is 472 g/mol. The average Bonchev–Trinajstić information content (AvgIpc) is 3.63. The molecule has 0 saturated heterocycles. The highest BCUT2D eigenvalue weighted by Gasteiger charge is 2.24. The van der Waals surface area contributed by atoms with Gasteiger partial charge in [-0.15, -0.1) is 11.3 Å². The van der Waals surface area contributed by atoms with Crippen molar-refractivity contribution in [3.8, 4) is 11.5 Å². The molecule has 8 nitrogen and oxygen atoms in total. The Bertz CT molecular complexity index is 1520. The summed E-state index contributed by atoms with van der Waals surface area (Å²) in [4.78, 5) is 26.6. The third kappa shape index (κ3) is 4.31. The van der Waals surface area contributed by atoms with E-state index in [9.17, 15) is 4.79 Å². The minimum atomic E-state index is -0.231. The lowest BCUT2D eigenvalue weighted by molar-refractivity contribution is 0.102. The molecule has 0 atom stereocenters. The molecule has 0 fully saturated rings. The molecule has 1 amide bonds. The van der Waals surface area contributed by atoms with E-state index in [4.69, 9.17) is 14.4 Å². The number of hydrogen-bond acceptors (Lipinski definition) is 7. The largest absolute Gasteiger partial charge is 0.463 e. The Morgan fingerprint density at radius 3 is 2.81 bits per heavy atom. The van der Waals surface area contributed by atoms with Crippen molar-refractivity contribution in [1.82, 2.24) is 24.6 Å². The van der Waals surface area contributed by atoms with E-state index in [1.165, 1.54) is 10.4 Å². The number of aromatic nitrogens is 4. The van der Waals surface area contributed by atoms with E-state index in [0.717, 1.165) is 31.7 Å². The fourth-order valence-corrected chi connectivity index (χ4v) is 5.62. The third-order valence-corrected chi connectivity index (χ3v) is 7.35. The Labute approximate surface area is 212 Å². The number of nitrogens with one attached hydrogen (secondary N) is 1. The summed E-state index contributed by atoms with van der Waals surface area (Å²) in [5.41, 5.74) is 4.12. The molecule has 5 heterocycles. The van der Waals surface area contributed by atoms with Crippen LogP contribution in [-0.2, 0) is 19.5 Å². The van der Waals surface area contributed by atoms with Gasteiger partial charge in [-0.05, 0) is 37.6 Å². The number of fused-ring (bicyclic) bond motifs is 2. The number of hydrogen-bond donors (Lipinski definition) is 1. The zero-order valence-corrected chi connectivity index (χ0v) is 21.0. The second-order valence-corrected chi connectivity index (χ2v) is 10.3. The molecule has 0 aliphatic carbocycles. The van der Waals surface area contributed by atoms with Crippen molar-refractivity contribution in [2.75, 3.05) is 11.9 Å². The number of nitrogens with zero attached hydrogens (tertiary/aromatic N) is 5. The Balaban J connectivity index is 1.27. The van der Waals surface area contributed by atoms with Gasteiger partial charge in [0.25, 0.3) is 5.91 Å². The molecule has 1 aromatic carbocycles. The van der Waals surface area contributed by atoms with E-state index in [-0.39, 0.29) is 11.9 Å². The molecule has 5 aromatic rings. The summed E-state index contributed by atoms with van der Waals surface area (Å²) in [6.07, 6.45) is 4.18. The summed E-state index contributed by atoms with van der Waals surface area (Å²) in [7, 11) is 0. The second kappa shape index (κ2) is 9.33. The lowest BCUT2D eigenvalue weighted by Crippen LogP contribution is -2.29. The molecule has 9 heteroatoms. The van der Waals surface area contributed by atoms with E-state index >= 15 is 0 Å². The molecule has 1 aliphatic rings. The van der Waals surface area contributed by atoms with Crippen molar-refractivity contribution < 1.29 is 9.21 Å². The maximum Gasteiger partial charge on any atom is 0.258 e. The molecule has 182 valence electrons. The molecule has 0 radical (unpaired) electrons. The fourth-order valence-electron chi connectivity index (χ4n) is 4.58. The lowest BCUT2D eigenvalue weighted by Gasteiger charge is -2.25. The number of amides is 1. The molecule has 0 spiro atoms. The van der Waals surface area contributed by atoms with Gasteiger partial charge in [-0.25, -0.2) is 14.6 Å². The Morgan fingerprint density at radius 1 is 1.17 bits per heavy atom. The van der Waals surface area contributed by atoms with Gasteiger partial charge >= 0.3 is 0 Å². The molecular formula is C27H26N6O2S. The zero-order chi connectivity index (χ0) is 24.6. The van der Waals surface area contributed by atoms with Crippen LogP contribution in [0.2, 0.25) is 0 Å². The van der Waals surface area contributed by atoms with Crippen molar-refractivity contribution in [1.29, 1.82) is 0 Å². The van der Waals surface area contributed by atoms with E-state index in [2.05, 4.69) is 39.6 Å². The maximum absolute atomic E-state index is 13.5. The number of rotatable bonds is 6. The predicted octanol–water partition coefficient (Wildman–Crippen LogP) is 5.54. The van der Waals surface area contributed by atoms with Crippen LogP contribution >= 0.6 is 11.3 Å². The zero-order valence-electron chi connectivity index (χ0n) is 20.1. The first-order valence-electron chi connectivity index (χ1n) is 12.0. The summed E-state index contributed by atoms with van der Waals surface area (Å²) >= 11 is 1.55. The summed E-state index contributed by atoms with van der Waals surface area (Å²) in [5, 5.41) is 8.84. The molecule has 1 aliphatic heterocycles. The topological polar surface area (TPSA) is 89.1 Å². The number of thiazole rings is 1.